The molecule has 0 radical (unpaired) electrons. The van der Waals surface area contributed by atoms with Gasteiger partial charge in [0.1, 0.15) is 11.5 Å². The van der Waals surface area contributed by atoms with Gasteiger partial charge in [-0.2, -0.15) is 5.10 Å². The van der Waals surface area contributed by atoms with Gasteiger partial charge in [-0.05, 0) is 30.7 Å². The molecule has 0 bridgehead atoms. The lowest BCUT2D eigenvalue weighted by molar-refractivity contribution is 0.0690. The van der Waals surface area contributed by atoms with Crippen LogP contribution in [-0.2, 0) is 0 Å². The first-order chi connectivity index (χ1) is 8.52. The van der Waals surface area contributed by atoms with Gasteiger partial charge in [0.05, 0.1) is 5.69 Å². The van der Waals surface area contributed by atoms with Gasteiger partial charge >= 0.3 is 5.97 Å². The SMILES string of the molecule is Cc1cc(C=O)c(-c2cc(C(=O)O)[nH]n2)cc1F. The van der Waals surface area contributed by atoms with Crippen molar-refractivity contribution in [2.45, 2.75) is 6.92 Å². The molecule has 1 aromatic heterocycles. The van der Waals surface area contributed by atoms with Gasteiger partial charge in [0, 0.05) is 11.1 Å². The summed E-state index contributed by atoms with van der Waals surface area (Å²) in [5, 5.41) is 14.8. The normalized spacial score (nSPS) is 10.3. The Kier molecular flexibility index (Phi) is 2.93. The second-order valence-electron chi connectivity index (χ2n) is 3.78. The van der Waals surface area contributed by atoms with Gasteiger partial charge in [0.15, 0.2) is 6.29 Å². The number of nitrogens with one attached hydrogen (secondary N) is 1. The van der Waals surface area contributed by atoms with E-state index in [0.717, 1.165) is 0 Å². The van der Waals surface area contributed by atoms with Crippen molar-refractivity contribution in [1.29, 1.82) is 0 Å². The highest BCUT2D eigenvalue weighted by molar-refractivity contribution is 5.90. The standard InChI is InChI=1S/C12H9FN2O3/c1-6-2-7(5-16)8(3-9(6)13)10-4-11(12(17)18)15-14-10/h2-5H,1H3,(H,14,15)(H,17,18). The van der Waals surface area contributed by atoms with Gasteiger partial charge in [-0.15, -0.1) is 0 Å². The molecule has 6 heteroatoms. The Hall–Kier alpha value is -2.50. The summed E-state index contributed by atoms with van der Waals surface area (Å²) in [7, 11) is 0. The number of carboxylic acid groups (broad SMARTS) is 1. The number of carboxylic acids is 1. The maximum Gasteiger partial charge on any atom is 0.353 e. The summed E-state index contributed by atoms with van der Waals surface area (Å²) in [6.45, 7) is 1.54. The van der Waals surface area contributed by atoms with Gasteiger partial charge in [-0.1, -0.05) is 0 Å². The molecule has 0 saturated carbocycles. The maximum atomic E-state index is 13.5. The average molecular weight is 248 g/mol. The Labute approximate surface area is 101 Å². The molecule has 92 valence electrons. The van der Waals surface area contributed by atoms with Crippen LogP contribution >= 0.6 is 0 Å². The van der Waals surface area contributed by atoms with Gasteiger partial charge in [0.25, 0.3) is 0 Å². The fraction of sp³-hybridized carbons (Fsp3) is 0.0833. The Morgan fingerprint density at radius 1 is 1.44 bits per heavy atom. The van der Waals surface area contributed by atoms with E-state index in [2.05, 4.69) is 10.2 Å². The lowest BCUT2D eigenvalue weighted by atomic mass is 10.0. The van der Waals surface area contributed by atoms with E-state index >= 15 is 0 Å². The van der Waals surface area contributed by atoms with Crippen LogP contribution in [0.25, 0.3) is 11.3 Å². The number of hydrogen-bond acceptors (Lipinski definition) is 3. The lowest BCUT2D eigenvalue weighted by Gasteiger charge is -2.04. The number of H-pyrrole nitrogens is 1. The van der Waals surface area contributed by atoms with Crippen LogP contribution in [0.4, 0.5) is 4.39 Å². The minimum Gasteiger partial charge on any atom is -0.477 e. The molecule has 0 unspecified atom stereocenters. The van der Waals surface area contributed by atoms with Crippen LogP contribution < -0.4 is 0 Å². The maximum absolute atomic E-state index is 13.5. The van der Waals surface area contributed by atoms with Gasteiger partial charge in [0.2, 0.25) is 0 Å². The third-order valence-electron chi connectivity index (χ3n) is 2.54. The Bertz CT molecular complexity index is 634. The van der Waals surface area contributed by atoms with E-state index in [1.807, 2.05) is 0 Å². The third kappa shape index (κ3) is 2.00. The summed E-state index contributed by atoms with van der Waals surface area (Å²) < 4.78 is 13.5. The number of benzene rings is 1. The zero-order valence-corrected chi connectivity index (χ0v) is 9.40. The topological polar surface area (TPSA) is 83.0 Å². The largest absolute Gasteiger partial charge is 0.477 e. The molecule has 18 heavy (non-hydrogen) atoms. The van der Waals surface area contributed by atoms with Crippen LogP contribution in [0, 0.1) is 12.7 Å². The zero-order valence-electron chi connectivity index (χ0n) is 9.40. The Balaban J connectivity index is 2.58. The molecule has 0 aliphatic heterocycles. The number of aromatic nitrogens is 2. The first-order valence-electron chi connectivity index (χ1n) is 5.07. The number of hydrogen-bond donors (Lipinski definition) is 2. The second kappa shape index (κ2) is 4.40. The molecule has 2 aromatic rings. The molecule has 0 fully saturated rings. The minimum absolute atomic E-state index is 0.122. The number of aldehydes is 1. The van der Waals surface area contributed by atoms with E-state index in [0.29, 0.717) is 11.8 Å². The second-order valence-corrected chi connectivity index (χ2v) is 3.78. The Morgan fingerprint density at radius 3 is 2.72 bits per heavy atom. The lowest BCUT2D eigenvalue weighted by Crippen LogP contribution is -1.95. The molecule has 1 heterocycles. The molecule has 0 amide bonds. The van der Waals surface area contributed by atoms with Crippen LogP contribution in [0.1, 0.15) is 26.4 Å². The number of carbonyl (C=O) groups excluding carboxylic acids is 1. The summed E-state index contributed by atoms with van der Waals surface area (Å²) in [4.78, 5) is 21.6. The van der Waals surface area contributed by atoms with Crippen molar-refractivity contribution in [2.75, 3.05) is 0 Å². The molecule has 2 N–H and O–H groups in total. The summed E-state index contributed by atoms with van der Waals surface area (Å²) in [6.07, 6.45) is 0.580. The smallest absolute Gasteiger partial charge is 0.353 e. The fourth-order valence-corrected chi connectivity index (χ4v) is 1.59. The number of halogens is 1. The zero-order chi connectivity index (χ0) is 13.3. The van der Waals surface area contributed by atoms with Gasteiger partial charge in [-0.25, -0.2) is 9.18 Å². The number of rotatable bonds is 3. The van der Waals surface area contributed by atoms with E-state index in [9.17, 15) is 14.0 Å². The first kappa shape index (κ1) is 12.0. The predicted octanol–water partition coefficient (Wildman–Crippen LogP) is 2.03. The number of aromatic amines is 1. The predicted molar refractivity (Wildman–Crippen MR) is 61.1 cm³/mol. The van der Waals surface area contributed by atoms with E-state index in [-0.39, 0.29) is 22.5 Å². The van der Waals surface area contributed by atoms with Crippen molar-refractivity contribution in [1.82, 2.24) is 10.2 Å². The minimum atomic E-state index is -1.17. The molecule has 2 rings (SSSR count). The monoisotopic (exact) mass is 248 g/mol. The fourth-order valence-electron chi connectivity index (χ4n) is 1.59. The highest BCUT2D eigenvalue weighted by atomic mass is 19.1. The van der Waals surface area contributed by atoms with Crippen molar-refractivity contribution in [3.63, 3.8) is 0 Å². The number of nitrogens with zero attached hydrogens (tertiary/aromatic N) is 1. The van der Waals surface area contributed by atoms with Gasteiger partial charge < -0.3 is 5.11 Å². The van der Waals surface area contributed by atoms with E-state index in [4.69, 9.17) is 5.11 Å². The summed E-state index contributed by atoms with van der Waals surface area (Å²) in [6, 6.07) is 3.81. The molecule has 0 aliphatic rings. The van der Waals surface area contributed by atoms with Crippen LogP contribution in [0.15, 0.2) is 18.2 Å². The molecule has 1 aromatic carbocycles. The van der Waals surface area contributed by atoms with Crippen molar-refractivity contribution in [3.8, 4) is 11.3 Å². The number of aryl methyl sites for hydroxylation is 1. The Morgan fingerprint density at radius 2 is 2.17 bits per heavy atom. The molecule has 0 saturated heterocycles. The van der Waals surface area contributed by atoms with Crippen molar-refractivity contribution in [2.24, 2.45) is 0 Å². The highest BCUT2D eigenvalue weighted by Gasteiger charge is 2.14. The molecule has 5 nitrogen and oxygen atoms in total. The number of carbonyl (C=O) groups is 2. The van der Waals surface area contributed by atoms with Gasteiger partial charge in [-0.3, -0.25) is 9.89 Å². The molecular weight excluding hydrogens is 239 g/mol. The number of aromatic carboxylic acids is 1. The van der Waals surface area contributed by atoms with E-state index in [1.165, 1.54) is 18.2 Å². The third-order valence-corrected chi connectivity index (χ3v) is 2.54. The van der Waals surface area contributed by atoms with Crippen LogP contribution in [0.3, 0.4) is 0 Å². The highest BCUT2D eigenvalue weighted by Crippen LogP contribution is 2.24. The van der Waals surface area contributed by atoms with Crippen molar-refractivity contribution < 1.29 is 19.1 Å². The first-order valence-corrected chi connectivity index (χ1v) is 5.07. The summed E-state index contributed by atoms with van der Waals surface area (Å²) in [5.41, 5.74) is 0.959. The van der Waals surface area contributed by atoms with Crippen molar-refractivity contribution >= 4 is 12.3 Å². The summed E-state index contributed by atoms with van der Waals surface area (Å²) in [5.74, 6) is -1.65. The molecule has 0 atom stereocenters. The quantitative estimate of drug-likeness (QED) is 0.814. The molecule has 0 aliphatic carbocycles. The van der Waals surface area contributed by atoms with E-state index < -0.39 is 11.8 Å². The average Bonchev–Trinajstić information content (AvgIpc) is 2.81. The van der Waals surface area contributed by atoms with Crippen LogP contribution in [-0.4, -0.2) is 27.6 Å². The van der Waals surface area contributed by atoms with E-state index in [1.54, 1.807) is 6.92 Å². The van der Waals surface area contributed by atoms with Crippen molar-refractivity contribution in [3.05, 3.63) is 40.8 Å². The van der Waals surface area contributed by atoms with Crippen LogP contribution in [0.2, 0.25) is 0 Å². The summed E-state index contributed by atoms with van der Waals surface area (Å²) >= 11 is 0. The molecule has 0 spiro atoms. The van der Waals surface area contributed by atoms with Crippen LogP contribution in [0.5, 0.6) is 0 Å². The molecular formula is C12H9FN2O3.